The third kappa shape index (κ3) is 3.40. The molecule has 2 N–H and O–H groups in total. The van der Waals surface area contributed by atoms with E-state index in [9.17, 15) is 9.59 Å². The quantitative estimate of drug-likeness (QED) is 0.873. The van der Waals surface area contributed by atoms with E-state index in [2.05, 4.69) is 10.6 Å². The summed E-state index contributed by atoms with van der Waals surface area (Å²) in [5.74, 6) is 1.40. The predicted octanol–water partition coefficient (Wildman–Crippen LogP) is 3.18. The summed E-state index contributed by atoms with van der Waals surface area (Å²) >= 11 is 0. The van der Waals surface area contributed by atoms with E-state index in [1.54, 1.807) is 24.1 Å². The summed E-state index contributed by atoms with van der Waals surface area (Å²) in [5, 5.41) is 5.67. The molecule has 0 unspecified atom stereocenters. The highest BCUT2D eigenvalue weighted by Gasteiger charge is 2.22. The van der Waals surface area contributed by atoms with Crippen LogP contribution in [0.1, 0.15) is 24.1 Å². The third-order valence-electron chi connectivity index (χ3n) is 4.93. The van der Waals surface area contributed by atoms with Crippen molar-refractivity contribution in [3.63, 3.8) is 0 Å². The smallest absolute Gasteiger partial charge is 0.322 e. The molecular formula is C20H21N3O4. The molecular weight excluding hydrogens is 346 g/mol. The molecule has 140 valence electrons. The summed E-state index contributed by atoms with van der Waals surface area (Å²) in [4.78, 5) is 25.7. The number of carbonyl (C=O) groups is 2. The van der Waals surface area contributed by atoms with Crippen LogP contribution >= 0.6 is 0 Å². The number of nitrogens with one attached hydrogen (secondary N) is 2. The molecule has 0 saturated carbocycles. The first-order valence-electron chi connectivity index (χ1n) is 8.87. The third-order valence-corrected chi connectivity index (χ3v) is 4.93. The van der Waals surface area contributed by atoms with Crippen molar-refractivity contribution < 1.29 is 19.1 Å². The molecule has 2 aromatic carbocycles. The van der Waals surface area contributed by atoms with Gasteiger partial charge in [0, 0.05) is 18.4 Å². The van der Waals surface area contributed by atoms with Crippen LogP contribution in [0.15, 0.2) is 36.4 Å². The summed E-state index contributed by atoms with van der Waals surface area (Å²) in [6.45, 7) is 3.03. The van der Waals surface area contributed by atoms with Crippen molar-refractivity contribution in [3.8, 4) is 11.5 Å². The minimum absolute atomic E-state index is 0.0298. The van der Waals surface area contributed by atoms with Gasteiger partial charge in [-0.25, -0.2) is 4.79 Å². The van der Waals surface area contributed by atoms with Crippen LogP contribution in [-0.2, 0) is 11.2 Å². The van der Waals surface area contributed by atoms with Gasteiger partial charge in [0.2, 0.25) is 5.91 Å². The first-order valence-corrected chi connectivity index (χ1v) is 8.87. The molecule has 2 aliphatic rings. The minimum atomic E-state index is -0.227. The van der Waals surface area contributed by atoms with E-state index in [1.807, 2.05) is 31.2 Å². The monoisotopic (exact) mass is 367 g/mol. The number of ether oxygens (including phenoxy) is 2. The fourth-order valence-electron chi connectivity index (χ4n) is 3.24. The van der Waals surface area contributed by atoms with Gasteiger partial charge in [-0.1, -0.05) is 6.07 Å². The van der Waals surface area contributed by atoms with Crippen LogP contribution < -0.4 is 20.1 Å². The Morgan fingerprint density at radius 2 is 1.93 bits per heavy atom. The molecule has 7 heteroatoms. The van der Waals surface area contributed by atoms with Gasteiger partial charge in [0.05, 0.1) is 12.5 Å². The topological polar surface area (TPSA) is 79.9 Å². The second kappa shape index (κ2) is 6.83. The number of hydrogen-bond acceptors (Lipinski definition) is 4. The van der Waals surface area contributed by atoms with E-state index in [-0.39, 0.29) is 18.0 Å². The first kappa shape index (κ1) is 17.2. The van der Waals surface area contributed by atoms with E-state index in [0.29, 0.717) is 31.1 Å². The van der Waals surface area contributed by atoms with Crippen molar-refractivity contribution in [2.24, 2.45) is 0 Å². The number of rotatable bonds is 3. The van der Waals surface area contributed by atoms with Crippen LogP contribution in [-0.4, -0.2) is 37.1 Å². The van der Waals surface area contributed by atoms with Crippen LogP contribution in [0.5, 0.6) is 11.5 Å². The van der Waals surface area contributed by atoms with E-state index < -0.39 is 0 Å². The van der Waals surface area contributed by atoms with Crippen molar-refractivity contribution in [1.29, 1.82) is 0 Å². The van der Waals surface area contributed by atoms with Crippen molar-refractivity contribution in [3.05, 3.63) is 47.5 Å². The Bertz CT molecular complexity index is 912. The van der Waals surface area contributed by atoms with Crippen LogP contribution in [0.4, 0.5) is 16.2 Å². The highest BCUT2D eigenvalue weighted by atomic mass is 16.6. The number of urea groups is 1. The molecule has 0 bridgehead atoms. The Balaban J connectivity index is 1.46. The second-order valence-corrected chi connectivity index (χ2v) is 6.72. The summed E-state index contributed by atoms with van der Waals surface area (Å²) < 4.78 is 11.2. The summed E-state index contributed by atoms with van der Waals surface area (Å²) in [7, 11) is 1.75. The van der Waals surface area contributed by atoms with Gasteiger partial charge >= 0.3 is 6.03 Å². The van der Waals surface area contributed by atoms with E-state index in [0.717, 1.165) is 22.6 Å². The average molecular weight is 367 g/mol. The lowest BCUT2D eigenvalue weighted by Crippen LogP contribution is -2.33. The summed E-state index contributed by atoms with van der Waals surface area (Å²) in [6.07, 6.45) is 0.336. The molecule has 27 heavy (non-hydrogen) atoms. The van der Waals surface area contributed by atoms with Gasteiger partial charge < -0.3 is 25.0 Å². The molecule has 7 nitrogen and oxygen atoms in total. The number of carbonyl (C=O) groups excluding carboxylic acids is 2. The molecule has 4 rings (SSSR count). The molecule has 0 fully saturated rings. The molecule has 3 amide bonds. The highest BCUT2D eigenvalue weighted by molar-refractivity contribution is 6.00. The Morgan fingerprint density at radius 1 is 1.15 bits per heavy atom. The molecule has 2 aliphatic heterocycles. The Labute approximate surface area is 157 Å². The van der Waals surface area contributed by atoms with Gasteiger partial charge in [0.15, 0.2) is 11.5 Å². The lowest BCUT2D eigenvalue weighted by atomic mass is 10.1. The predicted molar refractivity (Wildman–Crippen MR) is 101 cm³/mol. The molecule has 1 atom stereocenters. The van der Waals surface area contributed by atoms with Crippen LogP contribution in [0, 0.1) is 0 Å². The zero-order valence-corrected chi connectivity index (χ0v) is 15.2. The lowest BCUT2D eigenvalue weighted by molar-refractivity contribution is -0.115. The van der Waals surface area contributed by atoms with Gasteiger partial charge in [-0.05, 0) is 48.4 Å². The zero-order valence-electron chi connectivity index (χ0n) is 15.2. The highest BCUT2D eigenvalue weighted by Crippen LogP contribution is 2.34. The number of anilines is 2. The van der Waals surface area contributed by atoms with Crippen molar-refractivity contribution >= 4 is 23.3 Å². The lowest BCUT2D eigenvalue weighted by Gasteiger charge is -2.27. The van der Waals surface area contributed by atoms with Gasteiger partial charge in [-0.3, -0.25) is 4.79 Å². The van der Waals surface area contributed by atoms with Crippen LogP contribution in [0.2, 0.25) is 0 Å². The van der Waals surface area contributed by atoms with E-state index in [1.165, 1.54) is 0 Å². The Morgan fingerprint density at radius 3 is 2.74 bits per heavy atom. The summed E-state index contributed by atoms with van der Waals surface area (Å²) in [5.41, 5.74) is 3.31. The standard InChI is InChI=1S/C20H21N3O4/c1-12(13-3-6-17-18(10-13)27-8-7-26-17)23(2)20(25)21-15-4-5-16-14(9-15)11-19(24)22-16/h3-6,9-10,12H,7-8,11H2,1-2H3,(H,21,25)(H,22,24)/t12-/m1/s1. The molecule has 0 saturated heterocycles. The average Bonchev–Trinajstić information content (AvgIpc) is 3.05. The Kier molecular flexibility index (Phi) is 4.35. The Hall–Kier alpha value is -3.22. The normalized spacial score (nSPS) is 15.6. The fourth-order valence-corrected chi connectivity index (χ4v) is 3.24. The van der Waals surface area contributed by atoms with Gasteiger partial charge in [0.1, 0.15) is 13.2 Å². The summed E-state index contributed by atoms with van der Waals surface area (Å²) in [6, 6.07) is 10.8. The molecule has 2 heterocycles. The maximum Gasteiger partial charge on any atom is 0.322 e. The zero-order chi connectivity index (χ0) is 19.0. The van der Waals surface area contributed by atoms with Crippen LogP contribution in [0.25, 0.3) is 0 Å². The number of benzene rings is 2. The van der Waals surface area contributed by atoms with E-state index >= 15 is 0 Å². The van der Waals surface area contributed by atoms with Crippen molar-refractivity contribution in [2.75, 3.05) is 30.9 Å². The first-order chi connectivity index (χ1) is 13.0. The van der Waals surface area contributed by atoms with E-state index in [4.69, 9.17) is 9.47 Å². The number of amides is 3. The number of nitrogens with zero attached hydrogens (tertiary/aromatic N) is 1. The largest absolute Gasteiger partial charge is 0.486 e. The van der Waals surface area contributed by atoms with Crippen molar-refractivity contribution in [1.82, 2.24) is 4.90 Å². The maximum atomic E-state index is 12.7. The fraction of sp³-hybridized carbons (Fsp3) is 0.300. The maximum absolute atomic E-state index is 12.7. The van der Waals surface area contributed by atoms with Gasteiger partial charge in [-0.2, -0.15) is 0 Å². The molecule has 0 spiro atoms. The number of fused-ring (bicyclic) bond motifs is 2. The molecule has 0 aromatic heterocycles. The number of hydrogen-bond donors (Lipinski definition) is 2. The molecule has 2 aromatic rings. The SMILES string of the molecule is C[C@H](c1ccc2c(c1)OCCO2)N(C)C(=O)Nc1ccc2c(c1)CC(=O)N2. The van der Waals surface area contributed by atoms with Gasteiger partial charge in [-0.15, -0.1) is 0 Å². The van der Waals surface area contributed by atoms with Crippen molar-refractivity contribution in [2.45, 2.75) is 19.4 Å². The van der Waals surface area contributed by atoms with Crippen LogP contribution in [0.3, 0.4) is 0 Å². The second-order valence-electron chi connectivity index (χ2n) is 6.72. The molecule has 0 radical (unpaired) electrons. The van der Waals surface area contributed by atoms with Gasteiger partial charge in [0.25, 0.3) is 0 Å². The molecule has 0 aliphatic carbocycles. The minimum Gasteiger partial charge on any atom is -0.486 e.